The first-order valence-corrected chi connectivity index (χ1v) is 6.65. The van der Waals surface area contributed by atoms with E-state index in [4.69, 9.17) is 5.11 Å². The molecule has 1 aromatic rings. The molecule has 20 heavy (non-hydrogen) atoms. The smallest absolute Gasteiger partial charge is 0.257 e. The van der Waals surface area contributed by atoms with Crippen molar-refractivity contribution >= 4 is 17.3 Å². The maximum absolute atomic E-state index is 14.2. The molecule has 110 valence electrons. The molecule has 0 spiro atoms. The van der Waals surface area contributed by atoms with Gasteiger partial charge in [-0.2, -0.15) is 0 Å². The first-order chi connectivity index (χ1) is 9.45. The predicted octanol–water partition coefficient (Wildman–Crippen LogP) is 1.41. The molecule has 1 amide bonds. The van der Waals surface area contributed by atoms with E-state index in [0.29, 0.717) is 24.3 Å². The number of hydrogen-bond acceptors (Lipinski definition) is 4. The van der Waals surface area contributed by atoms with Gasteiger partial charge in [0.15, 0.2) is 6.10 Å². The third-order valence-corrected chi connectivity index (χ3v) is 3.41. The Hall–Kier alpha value is -1.66. The summed E-state index contributed by atoms with van der Waals surface area (Å²) >= 11 is 0. The van der Waals surface area contributed by atoms with Gasteiger partial charge in [0.2, 0.25) is 0 Å². The maximum atomic E-state index is 14.2. The van der Waals surface area contributed by atoms with Crippen LogP contribution in [0.4, 0.5) is 15.8 Å². The molecule has 0 aliphatic carbocycles. The van der Waals surface area contributed by atoms with Crippen LogP contribution in [0.5, 0.6) is 0 Å². The average Bonchev–Trinajstić information content (AvgIpc) is 2.66. The van der Waals surface area contributed by atoms with Gasteiger partial charge in [0.25, 0.3) is 5.91 Å². The average molecular weight is 282 g/mol. The molecule has 1 unspecified atom stereocenters. The fraction of sp³-hybridized carbons (Fsp3) is 0.500. The van der Waals surface area contributed by atoms with Crippen LogP contribution in [0.25, 0.3) is 0 Å². The molecule has 0 bridgehead atoms. The van der Waals surface area contributed by atoms with Crippen molar-refractivity contribution in [2.75, 3.05) is 23.4 Å². The second-order valence-electron chi connectivity index (χ2n) is 5.15. The van der Waals surface area contributed by atoms with Crippen LogP contribution >= 0.6 is 0 Å². The van der Waals surface area contributed by atoms with Crippen LogP contribution in [0.1, 0.15) is 31.9 Å². The van der Waals surface area contributed by atoms with Crippen LogP contribution in [0.15, 0.2) is 12.1 Å². The molecule has 5 nitrogen and oxygen atoms in total. The number of fused-ring (bicyclic) bond motifs is 1. The lowest BCUT2D eigenvalue weighted by Crippen LogP contribution is -2.33. The largest absolute Gasteiger partial charge is 0.396 e. The first-order valence-electron chi connectivity index (χ1n) is 6.65. The summed E-state index contributed by atoms with van der Waals surface area (Å²) in [6.45, 7) is 4.40. The van der Waals surface area contributed by atoms with E-state index in [0.717, 1.165) is 0 Å². The van der Waals surface area contributed by atoms with E-state index in [1.165, 1.54) is 12.1 Å². The molecule has 0 aromatic heterocycles. The molecular formula is C14H19FN2O3. The quantitative estimate of drug-likeness (QED) is 0.763. The third-order valence-electron chi connectivity index (χ3n) is 3.41. The molecule has 6 heteroatoms. The minimum atomic E-state index is -1.31. The highest BCUT2D eigenvalue weighted by molar-refractivity contribution is 6.02. The van der Waals surface area contributed by atoms with Gasteiger partial charge < -0.3 is 20.4 Å². The van der Waals surface area contributed by atoms with E-state index in [9.17, 15) is 14.3 Å². The van der Waals surface area contributed by atoms with Crippen molar-refractivity contribution in [1.82, 2.24) is 0 Å². The summed E-state index contributed by atoms with van der Waals surface area (Å²) in [6, 6.07) is 2.79. The number of nitrogens with one attached hydrogen (secondary N) is 1. The molecular weight excluding hydrogens is 263 g/mol. The van der Waals surface area contributed by atoms with Crippen LogP contribution < -0.4 is 10.2 Å². The summed E-state index contributed by atoms with van der Waals surface area (Å²) in [5.74, 6) is -1.02. The molecule has 3 N–H and O–H groups in total. The highest BCUT2D eigenvalue weighted by Crippen LogP contribution is 2.36. The molecule has 1 atom stereocenters. The van der Waals surface area contributed by atoms with Crippen LogP contribution in [0.3, 0.4) is 0 Å². The second kappa shape index (κ2) is 5.76. The Morgan fingerprint density at radius 3 is 2.75 bits per heavy atom. The van der Waals surface area contributed by atoms with Crippen molar-refractivity contribution < 1.29 is 19.4 Å². The molecule has 1 aromatic carbocycles. The Labute approximate surface area is 117 Å². The number of halogens is 1. The van der Waals surface area contributed by atoms with Gasteiger partial charge in [0, 0.05) is 30.4 Å². The SMILES string of the molecule is CC(C)N(CCCO)c1cc2c(cc1F)C(O)C(=O)N2. The van der Waals surface area contributed by atoms with Gasteiger partial charge in [0.1, 0.15) is 5.82 Å². The van der Waals surface area contributed by atoms with Gasteiger partial charge >= 0.3 is 0 Å². The Kier molecular flexibility index (Phi) is 4.25. The highest BCUT2D eigenvalue weighted by atomic mass is 19.1. The Balaban J connectivity index is 2.37. The van der Waals surface area contributed by atoms with Gasteiger partial charge in [-0.05, 0) is 32.4 Å². The number of rotatable bonds is 5. The van der Waals surface area contributed by atoms with Crippen molar-refractivity contribution in [3.8, 4) is 0 Å². The number of aliphatic hydroxyl groups excluding tert-OH is 2. The maximum Gasteiger partial charge on any atom is 0.257 e. The number of anilines is 2. The minimum absolute atomic E-state index is 0.0330. The zero-order chi connectivity index (χ0) is 14.9. The lowest BCUT2D eigenvalue weighted by molar-refractivity contribution is -0.123. The minimum Gasteiger partial charge on any atom is -0.396 e. The van der Waals surface area contributed by atoms with Gasteiger partial charge in [-0.1, -0.05) is 0 Å². The lowest BCUT2D eigenvalue weighted by atomic mass is 10.1. The van der Waals surface area contributed by atoms with E-state index in [2.05, 4.69) is 5.32 Å². The topological polar surface area (TPSA) is 72.8 Å². The van der Waals surface area contributed by atoms with Crippen LogP contribution in [0, 0.1) is 5.82 Å². The van der Waals surface area contributed by atoms with Crippen molar-refractivity contribution in [1.29, 1.82) is 0 Å². The fourth-order valence-corrected chi connectivity index (χ4v) is 2.37. The fourth-order valence-electron chi connectivity index (χ4n) is 2.37. The van der Waals surface area contributed by atoms with Gasteiger partial charge in [-0.3, -0.25) is 4.79 Å². The Bertz CT molecular complexity index is 519. The predicted molar refractivity (Wildman–Crippen MR) is 74.2 cm³/mol. The van der Waals surface area contributed by atoms with Gasteiger partial charge in [-0.25, -0.2) is 4.39 Å². The van der Waals surface area contributed by atoms with Gasteiger partial charge in [0.05, 0.1) is 5.69 Å². The number of nitrogens with zero attached hydrogens (tertiary/aromatic N) is 1. The van der Waals surface area contributed by atoms with E-state index in [1.807, 2.05) is 18.7 Å². The normalized spacial score (nSPS) is 17.3. The van der Waals surface area contributed by atoms with Crippen LogP contribution in [0.2, 0.25) is 0 Å². The summed E-state index contributed by atoms with van der Waals surface area (Å²) in [7, 11) is 0. The molecule has 0 radical (unpaired) electrons. The zero-order valence-electron chi connectivity index (χ0n) is 11.6. The summed E-state index contributed by atoms with van der Waals surface area (Å²) in [5, 5.41) is 21.1. The summed E-state index contributed by atoms with van der Waals surface area (Å²) in [5.41, 5.74) is 1.07. The third kappa shape index (κ3) is 2.62. The van der Waals surface area contributed by atoms with E-state index >= 15 is 0 Å². The zero-order valence-corrected chi connectivity index (χ0v) is 11.6. The number of carbonyl (C=O) groups is 1. The number of hydrogen-bond donors (Lipinski definition) is 3. The molecule has 1 heterocycles. The van der Waals surface area contributed by atoms with Crippen molar-refractivity contribution in [3.05, 3.63) is 23.5 Å². The Morgan fingerprint density at radius 2 is 2.15 bits per heavy atom. The van der Waals surface area contributed by atoms with Crippen molar-refractivity contribution in [2.24, 2.45) is 0 Å². The highest BCUT2D eigenvalue weighted by Gasteiger charge is 2.30. The lowest BCUT2D eigenvalue weighted by Gasteiger charge is -2.29. The number of amides is 1. The van der Waals surface area contributed by atoms with Crippen LogP contribution in [-0.4, -0.2) is 35.3 Å². The monoisotopic (exact) mass is 282 g/mol. The van der Waals surface area contributed by atoms with Gasteiger partial charge in [-0.15, -0.1) is 0 Å². The molecule has 0 saturated carbocycles. The Morgan fingerprint density at radius 1 is 1.45 bits per heavy atom. The van der Waals surface area contributed by atoms with Crippen molar-refractivity contribution in [3.63, 3.8) is 0 Å². The number of carbonyl (C=O) groups excluding carboxylic acids is 1. The summed E-state index contributed by atoms with van der Waals surface area (Å²) in [6.07, 6.45) is -0.776. The molecule has 1 aliphatic rings. The summed E-state index contributed by atoms with van der Waals surface area (Å²) < 4.78 is 14.2. The van der Waals surface area contributed by atoms with E-state index in [-0.39, 0.29) is 18.2 Å². The molecule has 0 saturated heterocycles. The van der Waals surface area contributed by atoms with Crippen LogP contribution in [-0.2, 0) is 4.79 Å². The molecule has 1 aliphatic heterocycles. The van der Waals surface area contributed by atoms with E-state index < -0.39 is 17.8 Å². The van der Waals surface area contributed by atoms with Crippen molar-refractivity contribution in [2.45, 2.75) is 32.4 Å². The number of benzene rings is 1. The first kappa shape index (κ1) is 14.7. The standard InChI is InChI=1S/C14H19FN2O3/c1-8(2)17(4-3-5-18)12-7-11-9(6-10(12)15)13(19)14(20)16-11/h6-8,13,18-19H,3-5H2,1-2H3,(H,16,20). The number of aliphatic hydroxyl groups is 2. The summed E-state index contributed by atoms with van der Waals surface area (Å²) in [4.78, 5) is 13.2. The van der Waals surface area contributed by atoms with E-state index in [1.54, 1.807) is 0 Å². The second-order valence-corrected chi connectivity index (χ2v) is 5.15. The molecule has 2 rings (SSSR count). The molecule has 0 fully saturated rings.